The molecule has 0 aliphatic rings. The fourth-order valence-electron chi connectivity index (χ4n) is 4.70. The molecule has 1 N–H and O–H groups in total. The molecule has 1 unspecified atom stereocenters. The fraction of sp³-hybridized carbons (Fsp3) is 0.323. The van der Waals surface area contributed by atoms with Gasteiger partial charge in [0.2, 0.25) is 0 Å². The molecule has 3 aromatic carbocycles. The Morgan fingerprint density at radius 2 is 1.70 bits per heavy atom. The van der Waals surface area contributed by atoms with Crippen LogP contribution in [0.3, 0.4) is 0 Å². The Labute approximate surface area is 233 Å². The van der Waals surface area contributed by atoms with E-state index in [0.29, 0.717) is 47.0 Å². The molecule has 4 rings (SSSR count). The van der Waals surface area contributed by atoms with Gasteiger partial charge in [-0.25, -0.2) is 9.78 Å². The number of amides is 2. The molecule has 1 aromatic heterocycles. The van der Waals surface area contributed by atoms with Crippen LogP contribution in [0, 0.1) is 16.0 Å². The predicted molar refractivity (Wildman–Crippen MR) is 158 cm³/mol. The van der Waals surface area contributed by atoms with Crippen LogP contribution in [0.25, 0.3) is 16.6 Å². The van der Waals surface area contributed by atoms with Crippen LogP contribution in [-0.2, 0) is 6.42 Å². The molecule has 9 heteroatoms. The van der Waals surface area contributed by atoms with E-state index in [0.717, 1.165) is 18.4 Å². The third-order valence-electron chi connectivity index (χ3n) is 7.00. The van der Waals surface area contributed by atoms with Gasteiger partial charge in [0.05, 0.1) is 27.6 Å². The number of benzene rings is 3. The third-order valence-corrected chi connectivity index (χ3v) is 7.00. The molecule has 40 heavy (non-hydrogen) atoms. The zero-order valence-corrected chi connectivity index (χ0v) is 23.3. The summed E-state index contributed by atoms with van der Waals surface area (Å²) < 4.78 is 1.62. The number of carbonyl (C=O) groups excluding carboxylic acids is 1. The van der Waals surface area contributed by atoms with Crippen LogP contribution < -0.4 is 10.9 Å². The number of hydrogen-bond acceptors (Lipinski definition) is 5. The molecule has 0 fully saturated rings. The number of nitro benzene ring substituents is 1. The molecule has 0 radical (unpaired) electrons. The summed E-state index contributed by atoms with van der Waals surface area (Å²) in [5.74, 6) is 0.818. The van der Waals surface area contributed by atoms with E-state index in [1.807, 2.05) is 49.4 Å². The lowest BCUT2D eigenvalue weighted by Gasteiger charge is -2.33. The number of para-hydroxylation sites is 1. The van der Waals surface area contributed by atoms with E-state index in [9.17, 15) is 19.7 Å². The number of nitrogens with zero attached hydrogens (tertiary/aromatic N) is 4. The molecule has 0 saturated heterocycles. The summed E-state index contributed by atoms with van der Waals surface area (Å²) in [5, 5.41) is 14.5. The van der Waals surface area contributed by atoms with Crippen LogP contribution >= 0.6 is 0 Å². The van der Waals surface area contributed by atoms with Crippen molar-refractivity contribution < 1.29 is 9.72 Å². The normalized spacial score (nSPS) is 11.9. The minimum atomic E-state index is -0.514. The van der Waals surface area contributed by atoms with Gasteiger partial charge in [-0.05, 0) is 67.1 Å². The Balaban J connectivity index is 1.83. The smallest absolute Gasteiger partial charge is 0.314 e. The maximum Gasteiger partial charge on any atom is 0.322 e. The number of nitrogens with one attached hydrogen (secondary N) is 1. The summed E-state index contributed by atoms with van der Waals surface area (Å²) in [5.41, 5.74) is 2.61. The molecule has 0 spiro atoms. The zero-order valence-electron chi connectivity index (χ0n) is 23.3. The second-order valence-corrected chi connectivity index (χ2v) is 10.2. The summed E-state index contributed by atoms with van der Waals surface area (Å²) in [6.45, 7) is 8.66. The van der Waals surface area contributed by atoms with Crippen LogP contribution in [0.2, 0.25) is 0 Å². The Bertz CT molecular complexity index is 1550. The Morgan fingerprint density at radius 3 is 2.30 bits per heavy atom. The van der Waals surface area contributed by atoms with Gasteiger partial charge in [-0.2, -0.15) is 0 Å². The number of non-ortho nitro benzene ring substituents is 1. The largest absolute Gasteiger partial charge is 0.322 e. The topological polar surface area (TPSA) is 110 Å². The summed E-state index contributed by atoms with van der Waals surface area (Å²) >= 11 is 0. The molecule has 1 heterocycles. The number of urea groups is 1. The van der Waals surface area contributed by atoms with E-state index < -0.39 is 11.0 Å². The first-order chi connectivity index (χ1) is 19.2. The Hall–Kier alpha value is -4.53. The van der Waals surface area contributed by atoms with Gasteiger partial charge in [0.25, 0.3) is 11.2 Å². The monoisotopic (exact) mass is 541 g/mol. The van der Waals surface area contributed by atoms with E-state index in [1.54, 1.807) is 15.5 Å². The van der Waals surface area contributed by atoms with Gasteiger partial charge >= 0.3 is 6.03 Å². The average Bonchev–Trinajstić information content (AvgIpc) is 2.95. The van der Waals surface area contributed by atoms with Crippen LogP contribution in [0.15, 0.2) is 77.6 Å². The minimum absolute atomic E-state index is 0.0560. The third kappa shape index (κ3) is 6.20. The number of fused-ring (bicyclic) bond motifs is 1. The van der Waals surface area contributed by atoms with Crippen molar-refractivity contribution in [3.8, 4) is 5.69 Å². The second kappa shape index (κ2) is 12.5. The molecule has 0 bridgehead atoms. The standard InChI is InChI=1S/C31H35N5O4/c1-5-22-11-15-24(16-12-22)35-29(33-27-10-8-7-9-26(27)30(35)37)28(6-2)34(20-19-21(3)4)31(38)32-23-13-17-25(18-14-23)36(39)40/h7-18,21,28H,5-6,19-20H2,1-4H3,(H,32,38). The SMILES string of the molecule is CCc1ccc(-n2c(C(CC)N(CCC(C)C)C(=O)Nc3ccc([N+](=O)[O-])cc3)nc3ccccc3c2=O)cc1. The van der Waals surface area contributed by atoms with Crippen LogP contribution in [0.1, 0.15) is 58.0 Å². The lowest BCUT2D eigenvalue weighted by molar-refractivity contribution is -0.384. The summed E-state index contributed by atoms with van der Waals surface area (Å²) in [7, 11) is 0. The van der Waals surface area contributed by atoms with Crippen molar-refractivity contribution in [1.82, 2.24) is 14.5 Å². The highest BCUT2D eigenvalue weighted by Crippen LogP contribution is 2.28. The zero-order chi connectivity index (χ0) is 28.8. The molecule has 9 nitrogen and oxygen atoms in total. The molecule has 0 saturated carbocycles. The number of hydrogen-bond donors (Lipinski definition) is 1. The molecular formula is C31H35N5O4. The van der Waals surface area contributed by atoms with Crippen molar-refractivity contribution >= 4 is 28.3 Å². The molecule has 0 aliphatic carbocycles. The number of aryl methyl sites for hydroxylation is 1. The number of nitro groups is 1. The van der Waals surface area contributed by atoms with E-state index in [1.165, 1.54) is 24.3 Å². The first-order valence-electron chi connectivity index (χ1n) is 13.7. The van der Waals surface area contributed by atoms with E-state index in [-0.39, 0.29) is 17.3 Å². The van der Waals surface area contributed by atoms with Crippen LogP contribution in [0.5, 0.6) is 0 Å². The number of anilines is 1. The van der Waals surface area contributed by atoms with Gasteiger partial charge in [0.15, 0.2) is 0 Å². The van der Waals surface area contributed by atoms with Gasteiger partial charge in [-0.3, -0.25) is 19.5 Å². The number of rotatable bonds is 10. The second-order valence-electron chi connectivity index (χ2n) is 10.2. The maximum atomic E-state index is 13.9. The highest BCUT2D eigenvalue weighted by molar-refractivity contribution is 5.89. The fourth-order valence-corrected chi connectivity index (χ4v) is 4.70. The Morgan fingerprint density at radius 1 is 1.02 bits per heavy atom. The lowest BCUT2D eigenvalue weighted by atomic mass is 10.1. The predicted octanol–water partition coefficient (Wildman–Crippen LogP) is 6.89. The molecule has 0 aliphatic heterocycles. The maximum absolute atomic E-state index is 13.9. The van der Waals surface area contributed by atoms with Gasteiger partial charge in [-0.1, -0.05) is 52.0 Å². The molecule has 2 amide bonds. The minimum Gasteiger partial charge on any atom is -0.314 e. The van der Waals surface area contributed by atoms with E-state index in [2.05, 4.69) is 26.1 Å². The molecule has 208 valence electrons. The van der Waals surface area contributed by atoms with E-state index >= 15 is 0 Å². The summed E-state index contributed by atoms with van der Waals surface area (Å²) in [4.78, 5) is 44.9. The highest BCUT2D eigenvalue weighted by Gasteiger charge is 2.29. The highest BCUT2D eigenvalue weighted by atomic mass is 16.6. The van der Waals surface area contributed by atoms with Gasteiger partial charge in [0, 0.05) is 24.4 Å². The lowest BCUT2D eigenvalue weighted by Crippen LogP contribution is -2.41. The first-order valence-corrected chi connectivity index (χ1v) is 13.7. The average molecular weight is 542 g/mol. The van der Waals surface area contributed by atoms with Crippen molar-refractivity contribution in [2.75, 3.05) is 11.9 Å². The van der Waals surface area contributed by atoms with Gasteiger partial charge in [-0.15, -0.1) is 0 Å². The van der Waals surface area contributed by atoms with Crippen molar-refractivity contribution in [2.45, 2.75) is 53.0 Å². The van der Waals surface area contributed by atoms with Crippen molar-refractivity contribution in [3.05, 3.63) is 105 Å². The summed E-state index contributed by atoms with van der Waals surface area (Å²) in [6.07, 6.45) is 2.14. The Kier molecular flexibility index (Phi) is 8.93. The van der Waals surface area contributed by atoms with Crippen molar-refractivity contribution in [1.29, 1.82) is 0 Å². The molecule has 4 aromatic rings. The quantitative estimate of drug-likeness (QED) is 0.174. The van der Waals surface area contributed by atoms with E-state index in [4.69, 9.17) is 4.98 Å². The first kappa shape index (κ1) is 28.5. The van der Waals surface area contributed by atoms with Crippen molar-refractivity contribution in [3.63, 3.8) is 0 Å². The van der Waals surface area contributed by atoms with Crippen molar-refractivity contribution in [2.24, 2.45) is 5.92 Å². The van der Waals surface area contributed by atoms with Crippen LogP contribution in [0.4, 0.5) is 16.2 Å². The summed E-state index contributed by atoms with van der Waals surface area (Å²) in [6, 6.07) is 19.9. The van der Waals surface area contributed by atoms with Gasteiger partial charge < -0.3 is 10.2 Å². The van der Waals surface area contributed by atoms with Crippen LogP contribution in [-0.4, -0.2) is 32.0 Å². The molecule has 1 atom stereocenters. The number of aromatic nitrogens is 2. The van der Waals surface area contributed by atoms with Gasteiger partial charge in [0.1, 0.15) is 5.82 Å². The number of carbonyl (C=O) groups is 1. The molecular weight excluding hydrogens is 506 g/mol.